The van der Waals surface area contributed by atoms with Crippen molar-refractivity contribution in [1.82, 2.24) is 14.8 Å². The third-order valence-electron chi connectivity index (χ3n) is 4.57. The van der Waals surface area contributed by atoms with E-state index < -0.39 is 0 Å². The minimum atomic E-state index is 0.0795. The average Bonchev–Trinajstić information content (AvgIpc) is 3.26. The van der Waals surface area contributed by atoms with Crippen molar-refractivity contribution in [1.29, 1.82) is 0 Å². The summed E-state index contributed by atoms with van der Waals surface area (Å²) < 4.78 is 2.28. The number of para-hydroxylation sites is 1. The van der Waals surface area contributed by atoms with Crippen molar-refractivity contribution in [3.63, 3.8) is 0 Å². The van der Waals surface area contributed by atoms with Gasteiger partial charge in [0.2, 0.25) is 5.91 Å². The molecule has 2 heterocycles. The maximum absolute atomic E-state index is 11.9. The molecule has 1 fully saturated rings. The fraction of sp³-hybridized carbons (Fsp3) is 0.333. The molecule has 0 atom stereocenters. The van der Waals surface area contributed by atoms with Crippen LogP contribution in [0.2, 0.25) is 0 Å². The van der Waals surface area contributed by atoms with Gasteiger partial charge in [0.1, 0.15) is 0 Å². The van der Waals surface area contributed by atoms with Gasteiger partial charge in [-0.15, -0.1) is 0 Å². The maximum Gasteiger partial charge on any atom is 0.228 e. The van der Waals surface area contributed by atoms with Crippen LogP contribution in [0.15, 0.2) is 30.3 Å². The van der Waals surface area contributed by atoms with Crippen LogP contribution in [-0.2, 0) is 11.3 Å². The van der Waals surface area contributed by atoms with Crippen molar-refractivity contribution in [2.75, 3.05) is 5.32 Å². The first-order valence-corrected chi connectivity index (χ1v) is 8.13. The largest absolute Gasteiger partial charge is 0.339 e. The van der Waals surface area contributed by atoms with E-state index >= 15 is 0 Å². The average molecular weight is 308 g/mol. The lowest BCUT2D eigenvalue weighted by molar-refractivity contribution is -0.117. The smallest absolute Gasteiger partial charge is 0.228 e. The Morgan fingerprint density at radius 3 is 2.91 bits per heavy atom. The van der Waals surface area contributed by atoms with Crippen LogP contribution in [0.3, 0.4) is 0 Å². The normalized spacial score (nSPS) is 14.3. The fourth-order valence-electron chi connectivity index (χ4n) is 3.23. The first-order chi connectivity index (χ1) is 11.2. The van der Waals surface area contributed by atoms with E-state index in [1.54, 1.807) is 0 Å². The highest BCUT2D eigenvalue weighted by molar-refractivity contribution is 5.94. The Balaban J connectivity index is 1.75. The number of amides is 1. The topological polar surface area (TPSA) is 62.7 Å². The number of carbonyl (C=O) groups is 1. The van der Waals surface area contributed by atoms with Crippen molar-refractivity contribution in [2.24, 2.45) is 5.92 Å². The number of aromatic amines is 1. The minimum Gasteiger partial charge on any atom is -0.339 e. The van der Waals surface area contributed by atoms with E-state index in [4.69, 9.17) is 0 Å². The number of hydrogen-bond acceptors (Lipinski definition) is 2. The number of anilines is 1. The summed E-state index contributed by atoms with van der Waals surface area (Å²) in [4.78, 5) is 11.9. The molecule has 0 aliphatic heterocycles. The SMILES string of the molecule is CCn1c(-c2cc(NC(=O)C3CC3)n[nH]2)c(C)c2ccccc21. The Bertz CT molecular complexity index is 886. The molecule has 5 nitrogen and oxygen atoms in total. The molecule has 0 saturated heterocycles. The number of carbonyl (C=O) groups excluding carboxylic acids is 1. The number of nitrogens with one attached hydrogen (secondary N) is 2. The number of nitrogens with zero attached hydrogens (tertiary/aromatic N) is 2. The molecular formula is C18H20N4O. The fourth-order valence-corrected chi connectivity index (χ4v) is 3.23. The molecule has 0 unspecified atom stereocenters. The van der Waals surface area contributed by atoms with E-state index in [0.717, 1.165) is 30.8 Å². The molecule has 1 aromatic carbocycles. The van der Waals surface area contributed by atoms with Crippen LogP contribution in [-0.4, -0.2) is 20.7 Å². The summed E-state index contributed by atoms with van der Waals surface area (Å²) in [7, 11) is 0. The van der Waals surface area contributed by atoms with Crippen LogP contribution in [0.1, 0.15) is 25.3 Å². The summed E-state index contributed by atoms with van der Waals surface area (Å²) in [5.74, 6) is 0.860. The lowest BCUT2D eigenvalue weighted by atomic mass is 10.1. The molecule has 2 N–H and O–H groups in total. The molecule has 0 spiro atoms. The van der Waals surface area contributed by atoms with Crippen LogP contribution in [0.4, 0.5) is 5.82 Å². The maximum atomic E-state index is 11.9. The summed E-state index contributed by atoms with van der Waals surface area (Å²) in [5.41, 5.74) is 4.52. The van der Waals surface area contributed by atoms with Gasteiger partial charge in [-0.05, 0) is 38.3 Å². The van der Waals surface area contributed by atoms with Gasteiger partial charge in [-0.1, -0.05) is 18.2 Å². The number of aryl methyl sites for hydroxylation is 2. The van der Waals surface area contributed by atoms with Crippen LogP contribution in [0.5, 0.6) is 0 Å². The summed E-state index contributed by atoms with van der Waals surface area (Å²) in [5, 5.41) is 11.5. The molecule has 2 aromatic heterocycles. The Kier molecular flexibility index (Phi) is 3.22. The van der Waals surface area contributed by atoms with Crippen molar-refractivity contribution in [2.45, 2.75) is 33.2 Å². The lowest BCUT2D eigenvalue weighted by Gasteiger charge is -2.06. The lowest BCUT2D eigenvalue weighted by Crippen LogP contribution is -2.13. The third-order valence-corrected chi connectivity index (χ3v) is 4.57. The highest BCUT2D eigenvalue weighted by atomic mass is 16.2. The van der Waals surface area contributed by atoms with Crippen molar-refractivity contribution in [3.8, 4) is 11.4 Å². The zero-order valence-electron chi connectivity index (χ0n) is 13.4. The van der Waals surface area contributed by atoms with Crippen LogP contribution >= 0.6 is 0 Å². The number of aromatic nitrogens is 3. The zero-order valence-corrected chi connectivity index (χ0v) is 13.4. The van der Waals surface area contributed by atoms with E-state index in [2.05, 4.69) is 58.2 Å². The predicted molar refractivity (Wildman–Crippen MR) is 91.3 cm³/mol. The van der Waals surface area contributed by atoms with Gasteiger partial charge in [0.05, 0.1) is 11.4 Å². The van der Waals surface area contributed by atoms with Gasteiger partial charge in [-0.3, -0.25) is 9.89 Å². The highest BCUT2D eigenvalue weighted by Crippen LogP contribution is 2.34. The monoisotopic (exact) mass is 308 g/mol. The molecule has 1 aliphatic rings. The molecule has 0 radical (unpaired) electrons. The number of fused-ring (bicyclic) bond motifs is 1. The van der Waals surface area contributed by atoms with Gasteiger partial charge in [0.25, 0.3) is 0 Å². The molecule has 1 aliphatic carbocycles. The number of rotatable bonds is 4. The van der Waals surface area contributed by atoms with Crippen molar-refractivity contribution >= 4 is 22.6 Å². The molecule has 5 heteroatoms. The second-order valence-corrected chi connectivity index (χ2v) is 6.17. The number of benzene rings is 1. The Morgan fingerprint density at radius 1 is 1.39 bits per heavy atom. The van der Waals surface area contributed by atoms with E-state index in [0.29, 0.717) is 5.82 Å². The molecule has 3 aromatic rings. The standard InChI is InChI=1S/C18H20N4O/c1-3-22-15-7-5-4-6-13(15)11(2)17(22)14-10-16(21-20-14)19-18(23)12-8-9-12/h4-7,10,12H,3,8-9H2,1-2H3,(H2,19,20,21,23). The van der Waals surface area contributed by atoms with Crippen molar-refractivity contribution < 1.29 is 4.79 Å². The zero-order chi connectivity index (χ0) is 16.0. The highest BCUT2D eigenvalue weighted by Gasteiger charge is 2.30. The summed E-state index contributed by atoms with van der Waals surface area (Å²) in [6, 6.07) is 10.3. The molecule has 4 rings (SSSR count). The third kappa shape index (κ3) is 2.32. The quantitative estimate of drug-likeness (QED) is 0.772. The van der Waals surface area contributed by atoms with Gasteiger partial charge in [0.15, 0.2) is 5.82 Å². The Hall–Kier alpha value is -2.56. The summed E-state index contributed by atoms with van der Waals surface area (Å²) in [6.45, 7) is 5.15. The first-order valence-electron chi connectivity index (χ1n) is 8.13. The van der Waals surface area contributed by atoms with Crippen LogP contribution in [0.25, 0.3) is 22.3 Å². The molecule has 23 heavy (non-hydrogen) atoms. The van der Waals surface area contributed by atoms with Crippen molar-refractivity contribution in [3.05, 3.63) is 35.9 Å². The van der Waals surface area contributed by atoms with Gasteiger partial charge >= 0.3 is 0 Å². The number of H-pyrrole nitrogens is 1. The second kappa shape index (κ2) is 5.26. The van der Waals surface area contributed by atoms with E-state index in [1.807, 2.05) is 6.07 Å². The summed E-state index contributed by atoms with van der Waals surface area (Å²) >= 11 is 0. The van der Waals surface area contributed by atoms with Crippen LogP contribution < -0.4 is 5.32 Å². The van der Waals surface area contributed by atoms with E-state index in [1.165, 1.54) is 16.5 Å². The Labute approximate surface area is 134 Å². The molecule has 0 bridgehead atoms. The van der Waals surface area contributed by atoms with Crippen LogP contribution in [0, 0.1) is 12.8 Å². The molecule has 1 amide bonds. The van der Waals surface area contributed by atoms with E-state index in [9.17, 15) is 4.79 Å². The molecule has 1 saturated carbocycles. The Morgan fingerprint density at radius 2 is 2.17 bits per heavy atom. The van der Waals surface area contributed by atoms with Gasteiger partial charge in [-0.2, -0.15) is 5.10 Å². The molecular weight excluding hydrogens is 288 g/mol. The first kappa shape index (κ1) is 14.1. The molecule has 118 valence electrons. The van der Waals surface area contributed by atoms with Gasteiger partial charge < -0.3 is 9.88 Å². The number of hydrogen-bond donors (Lipinski definition) is 2. The predicted octanol–water partition coefficient (Wildman–Crippen LogP) is 3.71. The van der Waals surface area contributed by atoms with Gasteiger partial charge in [-0.25, -0.2) is 0 Å². The van der Waals surface area contributed by atoms with E-state index in [-0.39, 0.29) is 11.8 Å². The minimum absolute atomic E-state index is 0.0795. The summed E-state index contributed by atoms with van der Waals surface area (Å²) in [6.07, 6.45) is 1.98. The van der Waals surface area contributed by atoms with Gasteiger partial charge in [0, 0.05) is 29.4 Å². The second-order valence-electron chi connectivity index (χ2n) is 6.17.